The summed E-state index contributed by atoms with van der Waals surface area (Å²) in [6, 6.07) is 0.709. The van der Waals surface area contributed by atoms with E-state index in [0.29, 0.717) is 18.9 Å². The van der Waals surface area contributed by atoms with Crippen molar-refractivity contribution in [3.8, 4) is 5.75 Å². The van der Waals surface area contributed by atoms with Gasteiger partial charge in [0.05, 0.1) is 12.7 Å². The molecule has 0 unspecified atom stereocenters. The molecule has 2 N–H and O–H groups in total. The summed E-state index contributed by atoms with van der Waals surface area (Å²) in [7, 11) is 1.21. The van der Waals surface area contributed by atoms with Crippen molar-refractivity contribution in [2.45, 2.75) is 37.6 Å². The molecule has 0 saturated heterocycles. The van der Waals surface area contributed by atoms with Gasteiger partial charge < -0.3 is 10.5 Å². The highest BCUT2D eigenvalue weighted by Gasteiger charge is 2.37. The predicted octanol–water partition coefficient (Wildman–Crippen LogP) is 3.23. The molecule has 1 aromatic carbocycles. The van der Waals surface area contributed by atoms with Crippen molar-refractivity contribution in [3.05, 3.63) is 29.1 Å². The predicted molar refractivity (Wildman–Crippen MR) is 61.8 cm³/mol. The monoisotopic (exact) mass is 259 g/mol. The van der Waals surface area contributed by atoms with Crippen LogP contribution < -0.4 is 10.5 Å². The van der Waals surface area contributed by atoms with Gasteiger partial charge in [-0.1, -0.05) is 19.3 Å². The Morgan fingerprint density at radius 2 is 1.72 bits per heavy atom. The van der Waals surface area contributed by atoms with Crippen LogP contribution in [-0.2, 0) is 5.54 Å². The van der Waals surface area contributed by atoms with E-state index in [1.807, 2.05) is 0 Å². The van der Waals surface area contributed by atoms with E-state index >= 15 is 0 Å². The highest BCUT2D eigenvalue weighted by Crippen LogP contribution is 2.40. The van der Waals surface area contributed by atoms with Gasteiger partial charge in [-0.2, -0.15) is 0 Å². The lowest BCUT2D eigenvalue weighted by molar-refractivity contribution is 0.271. The molecule has 18 heavy (non-hydrogen) atoms. The number of halogens is 3. The van der Waals surface area contributed by atoms with Crippen molar-refractivity contribution in [1.29, 1.82) is 0 Å². The molecule has 0 bridgehead atoms. The lowest BCUT2D eigenvalue weighted by Gasteiger charge is -2.34. The zero-order valence-corrected chi connectivity index (χ0v) is 10.2. The molecule has 0 amide bonds. The molecule has 1 aliphatic rings. The quantitative estimate of drug-likeness (QED) is 0.827. The van der Waals surface area contributed by atoms with Crippen LogP contribution >= 0.6 is 0 Å². The Kier molecular flexibility index (Phi) is 3.52. The maximum atomic E-state index is 14.1. The molecule has 1 fully saturated rings. The van der Waals surface area contributed by atoms with Crippen molar-refractivity contribution in [2.24, 2.45) is 5.73 Å². The van der Waals surface area contributed by atoms with Crippen LogP contribution in [0.1, 0.15) is 37.7 Å². The largest absolute Gasteiger partial charge is 0.494 e. The van der Waals surface area contributed by atoms with Crippen LogP contribution in [0, 0.1) is 17.5 Å². The minimum atomic E-state index is -1.20. The lowest BCUT2D eigenvalue weighted by Crippen LogP contribution is -2.40. The summed E-state index contributed by atoms with van der Waals surface area (Å²) in [5, 5.41) is 0. The standard InChI is InChI=1S/C13H16F3NO/c1-18-9-7-8(14)11(15)10(12(9)16)13(17)5-3-2-4-6-13/h7H,2-6,17H2,1H3. The molecule has 0 radical (unpaired) electrons. The van der Waals surface area contributed by atoms with E-state index in [-0.39, 0.29) is 11.3 Å². The summed E-state index contributed by atoms with van der Waals surface area (Å²) in [6.07, 6.45) is 3.46. The third-order valence-electron chi connectivity index (χ3n) is 3.59. The summed E-state index contributed by atoms with van der Waals surface area (Å²) >= 11 is 0. The Morgan fingerprint density at radius 3 is 2.28 bits per heavy atom. The van der Waals surface area contributed by atoms with Crippen molar-refractivity contribution in [3.63, 3.8) is 0 Å². The number of hydrogen-bond acceptors (Lipinski definition) is 2. The molecule has 0 aromatic heterocycles. The highest BCUT2D eigenvalue weighted by molar-refractivity contribution is 5.38. The number of ether oxygens (including phenoxy) is 1. The zero-order chi connectivity index (χ0) is 13.3. The lowest BCUT2D eigenvalue weighted by atomic mass is 9.77. The van der Waals surface area contributed by atoms with Crippen molar-refractivity contribution < 1.29 is 17.9 Å². The Hall–Kier alpha value is -1.23. The maximum Gasteiger partial charge on any atom is 0.173 e. The average molecular weight is 259 g/mol. The molecule has 5 heteroatoms. The number of benzene rings is 1. The average Bonchev–Trinajstić information content (AvgIpc) is 2.34. The fraction of sp³-hybridized carbons (Fsp3) is 0.538. The van der Waals surface area contributed by atoms with E-state index in [2.05, 4.69) is 0 Å². The van der Waals surface area contributed by atoms with Gasteiger partial charge >= 0.3 is 0 Å². The van der Waals surface area contributed by atoms with E-state index in [9.17, 15) is 13.2 Å². The molecule has 0 atom stereocenters. The van der Waals surface area contributed by atoms with Gasteiger partial charge in [-0.25, -0.2) is 13.2 Å². The molecular formula is C13H16F3NO. The first-order chi connectivity index (χ1) is 8.49. The third-order valence-corrected chi connectivity index (χ3v) is 3.59. The zero-order valence-electron chi connectivity index (χ0n) is 10.2. The third kappa shape index (κ3) is 2.07. The molecule has 2 rings (SSSR count). The number of methoxy groups -OCH3 is 1. The second-order valence-electron chi connectivity index (χ2n) is 4.78. The normalized spacial score (nSPS) is 18.7. The Labute approximate surface area is 104 Å². The van der Waals surface area contributed by atoms with E-state index in [4.69, 9.17) is 10.5 Å². The fourth-order valence-electron chi connectivity index (χ4n) is 2.60. The van der Waals surface area contributed by atoms with Gasteiger partial charge in [-0.05, 0) is 12.8 Å². The molecule has 2 nitrogen and oxygen atoms in total. The second-order valence-corrected chi connectivity index (χ2v) is 4.78. The fourth-order valence-corrected chi connectivity index (χ4v) is 2.60. The minimum Gasteiger partial charge on any atom is -0.494 e. The SMILES string of the molecule is COc1cc(F)c(F)c(C2(N)CCCCC2)c1F. The van der Waals surface area contributed by atoms with E-state index in [0.717, 1.165) is 19.3 Å². The molecular weight excluding hydrogens is 243 g/mol. The van der Waals surface area contributed by atoms with Gasteiger partial charge in [0.15, 0.2) is 23.2 Å². The summed E-state index contributed by atoms with van der Waals surface area (Å²) in [4.78, 5) is 0. The molecule has 0 heterocycles. The molecule has 1 aliphatic carbocycles. The second kappa shape index (κ2) is 4.80. The maximum absolute atomic E-state index is 14.1. The molecule has 1 aromatic rings. The minimum absolute atomic E-state index is 0.306. The summed E-state index contributed by atoms with van der Waals surface area (Å²) in [6.45, 7) is 0. The smallest absolute Gasteiger partial charge is 0.173 e. The van der Waals surface area contributed by atoms with Crippen molar-refractivity contribution >= 4 is 0 Å². The molecule has 0 aliphatic heterocycles. The number of nitrogens with two attached hydrogens (primary N) is 1. The van der Waals surface area contributed by atoms with Crippen molar-refractivity contribution in [1.82, 2.24) is 0 Å². The summed E-state index contributed by atoms with van der Waals surface area (Å²) in [5.74, 6) is -3.52. The van der Waals surface area contributed by atoms with Gasteiger partial charge in [-0.3, -0.25) is 0 Å². The topological polar surface area (TPSA) is 35.2 Å². The first kappa shape index (κ1) is 13.2. The van der Waals surface area contributed by atoms with Crippen LogP contribution in [0.2, 0.25) is 0 Å². The molecule has 1 saturated carbocycles. The molecule has 0 spiro atoms. The van der Waals surface area contributed by atoms with Crippen LogP contribution in [0.3, 0.4) is 0 Å². The van der Waals surface area contributed by atoms with Gasteiger partial charge in [0.1, 0.15) is 0 Å². The highest BCUT2D eigenvalue weighted by atomic mass is 19.2. The van der Waals surface area contributed by atoms with E-state index < -0.39 is 23.0 Å². The number of hydrogen-bond donors (Lipinski definition) is 1. The van der Waals surface area contributed by atoms with Gasteiger partial charge in [0.2, 0.25) is 0 Å². The Morgan fingerprint density at radius 1 is 1.11 bits per heavy atom. The first-order valence-corrected chi connectivity index (χ1v) is 6.00. The van der Waals surface area contributed by atoms with E-state index in [1.165, 1.54) is 7.11 Å². The van der Waals surface area contributed by atoms with E-state index in [1.54, 1.807) is 0 Å². The van der Waals surface area contributed by atoms with Crippen LogP contribution in [0.15, 0.2) is 6.07 Å². The Bertz CT molecular complexity index is 456. The Balaban J connectivity index is 2.58. The van der Waals surface area contributed by atoms with Gasteiger partial charge in [0.25, 0.3) is 0 Å². The molecule has 100 valence electrons. The van der Waals surface area contributed by atoms with Crippen molar-refractivity contribution in [2.75, 3.05) is 7.11 Å². The van der Waals surface area contributed by atoms with Crippen LogP contribution in [0.5, 0.6) is 5.75 Å². The van der Waals surface area contributed by atoms with Gasteiger partial charge in [-0.15, -0.1) is 0 Å². The number of rotatable bonds is 2. The van der Waals surface area contributed by atoms with Gasteiger partial charge in [0, 0.05) is 11.6 Å². The van der Waals surface area contributed by atoms with Crippen LogP contribution in [0.4, 0.5) is 13.2 Å². The first-order valence-electron chi connectivity index (χ1n) is 6.00. The summed E-state index contributed by atoms with van der Waals surface area (Å²) in [5.41, 5.74) is 4.56. The van der Waals surface area contributed by atoms with Crippen LogP contribution in [0.25, 0.3) is 0 Å². The van der Waals surface area contributed by atoms with Crippen LogP contribution in [-0.4, -0.2) is 7.11 Å². The summed E-state index contributed by atoms with van der Waals surface area (Å²) < 4.78 is 46.2.